The molecule has 0 unspecified atom stereocenters. The molecule has 150 valence electrons. The van der Waals surface area contributed by atoms with Gasteiger partial charge in [0.05, 0.1) is 0 Å². The average Bonchev–Trinajstić information content (AvgIpc) is 3.28. The first-order valence-corrected chi connectivity index (χ1v) is 10.5. The van der Waals surface area contributed by atoms with Crippen LogP contribution in [0.1, 0.15) is 35.5 Å². The molecule has 1 aliphatic heterocycles. The predicted molar refractivity (Wildman–Crippen MR) is 116 cm³/mol. The van der Waals surface area contributed by atoms with Gasteiger partial charge >= 0.3 is 0 Å². The Labute approximate surface area is 175 Å². The third-order valence-electron chi connectivity index (χ3n) is 5.81. The summed E-state index contributed by atoms with van der Waals surface area (Å²) in [5, 5.41) is 10.5. The molecule has 5 rings (SSSR count). The van der Waals surface area contributed by atoms with Gasteiger partial charge in [-0.2, -0.15) is 0 Å². The maximum atomic E-state index is 13.5. The number of amides is 1. The second-order valence-corrected chi connectivity index (χ2v) is 7.75. The highest BCUT2D eigenvalue weighted by atomic mass is 16.4. The van der Waals surface area contributed by atoms with Crippen molar-refractivity contribution >= 4 is 16.7 Å². The average molecular weight is 397 g/mol. The number of piperidine rings is 1. The zero-order valence-electron chi connectivity index (χ0n) is 16.7. The Hall–Kier alpha value is -3.47. The second-order valence-electron chi connectivity index (χ2n) is 7.75. The lowest BCUT2D eigenvalue weighted by Crippen LogP contribution is -2.45. The number of likely N-dealkylation sites (tertiary alicyclic amines) is 1. The first kappa shape index (κ1) is 18.6. The summed E-state index contributed by atoms with van der Waals surface area (Å²) in [4.78, 5) is 15.5. The SMILES string of the molecule is O=C(c1cccc2ccccc12)N1CCCC[C@@H]1Cc1nnc(-c2ccccc2)o1. The van der Waals surface area contributed by atoms with Crippen LogP contribution in [0.2, 0.25) is 0 Å². The van der Waals surface area contributed by atoms with Crippen molar-refractivity contribution in [1.29, 1.82) is 0 Å². The zero-order valence-corrected chi connectivity index (χ0v) is 16.7. The van der Waals surface area contributed by atoms with Gasteiger partial charge in [-0.15, -0.1) is 10.2 Å². The molecular weight excluding hydrogens is 374 g/mol. The molecule has 0 aliphatic carbocycles. The predicted octanol–water partition coefficient (Wildman–Crippen LogP) is 5.13. The molecule has 0 saturated carbocycles. The smallest absolute Gasteiger partial charge is 0.254 e. The molecule has 2 heterocycles. The van der Waals surface area contributed by atoms with Crippen LogP contribution in [0, 0.1) is 0 Å². The molecule has 1 amide bonds. The molecule has 3 aromatic carbocycles. The van der Waals surface area contributed by atoms with E-state index in [0.29, 0.717) is 18.2 Å². The fourth-order valence-corrected chi connectivity index (χ4v) is 4.28. The number of aromatic nitrogens is 2. The van der Waals surface area contributed by atoms with Crippen LogP contribution < -0.4 is 0 Å². The van der Waals surface area contributed by atoms with Gasteiger partial charge in [-0.25, -0.2) is 0 Å². The molecule has 1 fully saturated rings. The minimum Gasteiger partial charge on any atom is -0.421 e. The summed E-state index contributed by atoms with van der Waals surface area (Å²) >= 11 is 0. The van der Waals surface area contributed by atoms with E-state index < -0.39 is 0 Å². The summed E-state index contributed by atoms with van der Waals surface area (Å²) in [5.41, 5.74) is 1.67. The number of hydrogen-bond acceptors (Lipinski definition) is 4. The molecule has 0 spiro atoms. The van der Waals surface area contributed by atoms with Crippen molar-refractivity contribution in [3.63, 3.8) is 0 Å². The lowest BCUT2D eigenvalue weighted by molar-refractivity contribution is 0.0608. The van der Waals surface area contributed by atoms with Crippen LogP contribution in [0.25, 0.3) is 22.2 Å². The normalized spacial score (nSPS) is 16.7. The highest BCUT2D eigenvalue weighted by molar-refractivity contribution is 6.07. The minimum absolute atomic E-state index is 0.0642. The van der Waals surface area contributed by atoms with E-state index >= 15 is 0 Å². The number of carbonyl (C=O) groups is 1. The van der Waals surface area contributed by atoms with Gasteiger partial charge in [-0.05, 0) is 48.2 Å². The summed E-state index contributed by atoms with van der Waals surface area (Å²) in [7, 11) is 0. The molecule has 4 aromatic rings. The van der Waals surface area contributed by atoms with Gasteiger partial charge in [0.1, 0.15) is 0 Å². The Morgan fingerprint density at radius 3 is 2.63 bits per heavy atom. The van der Waals surface area contributed by atoms with Gasteiger partial charge in [-0.3, -0.25) is 4.79 Å². The Bertz CT molecular complexity index is 1160. The van der Waals surface area contributed by atoms with Gasteiger partial charge in [0.15, 0.2) is 0 Å². The quantitative estimate of drug-likeness (QED) is 0.479. The lowest BCUT2D eigenvalue weighted by Gasteiger charge is -2.35. The molecule has 0 radical (unpaired) electrons. The first-order valence-electron chi connectivity index (χ1n) is 10.5. The van der Waals surface area contributed by atoms with E-state index in [9.17, 15) is 4.79 Å². The summed E-state index contributed by atoms with van der Waals surface area (Å²) in [6, 6.07) is 23.8. The summed E-state index contributed by atoms with van der Waals surface area (Å²) < 4.78 is 5.92. The Balaban J connectivity index is 1.40. The first-order chi connectivity index (χ1) is 14.8. The monoisotopic (exact) mass is 397 g/mol. The molecule has 0 bridgehead atoms. The Kier molecular flexibility index (Phi) is 5.01. The van der Waals surface area contributed by atoms with Crippen LogP contribution >= 0.6 is 0 Å². The van der Waals surface area contributed by atoms with E-state index in [1.807, 2.05) is 77.7 Å². The number of nitrogens with zero attached hydrogens (tertiary/aromatic N) is 3. The molecule has 1 atom stereocenters. The lowest BCUT2D eigenvalue weighted by atomic mass is 9.96. The van der Waals surface area contributed by atoms with E-state index in [4.69, 9.17) is 4.42 Å². The molecule has 5 nitrogen and oxygen atoms in total. The number of carbonyl (C=O) groups excluding carboxylic acids is 1. The Morgan fingerprint density at radius 1 is 0.933 bits per heavy atom. The highest BCUT2D eigenvalue weighted by Crippen LogP contribution is 2.27. The van der Waals surface area contributed by atoms with Crippen molar-refractivity contribution in [1.82, 2.24) is 15.1 Å². The van der Waals surface area contributed by atoms with Crippen LogP contribution in [-0.2, 0) is 6.42 Å². The highest BCUT2D eigenvalue weighted by Gasteiger charge is 2.30. The molecule has 5 heteroatoms. The molecule has 0 N–H and O–H groups in total. The number of hydrogen-bond donors (Lipinski definition) is 0. The largest absolute Gasteiger partial charge is 0.421 e. The van der Waals surface area contributed by atoms with Gasteiger partial charge in [0.25, 0.3) is 5.91 Å². The van der Waals surface area contributed by atoms with Gasteiger partial charge < -0.3 is 9.32 Å². The third kappa shape index (κ3) is 3.59. The van der Waals surface area contributed by atoms with E-state index in [2.05, 4.69) is 10.2 Å². The van der Waals surface area contributed by atoms with Crippen LogP contribution in [-0.4, -0.2) is 33.6 Å². The number of fused-ring (bicyclic) bond motifs is 1. The van der Waals surface area contributed by atoms with Crippen molar-refractivity contribution in [2.45, 2.75) is 31.7 Å². The third-order valence-corrected chi connectivity index (χ3v) is 5.81. The molecule has 1 aromatic heterocycles. The molecular formula is C25H23N3O2. The van der Waals surface area contributed by atoms with Crippen LogP contribution in [0.15, 0.2) is 77.2 Å². The molecule has 1 aliphatic rings. The summed E-state index contributed by atoms with van der Waals surface area (Å²) in [5.74, 6) is 1.18. The maximum absolute atomic E-state index is 13.5. The van der Waals surface area contributed by atoms with E-state index in [0.717, 1.165) is 47.7 Å². The second kappa shape index (κ2) is 8.11. The van der Waals surface area contributed by atoms with E-state index in [-0.39, 0.29) is 11.9 Å². The van der Waals surface area contributed by atoms with E-state index in [1.165, 1.54) is 0 Å². The van der Waals surface area contributed by atoms with Crippen LogP contribution in [0.5, 0.6) is 0 Å². The van der Waals surface area contributed by atoms with Crippen molar-refractivity contribution in [2.75, 3.05) is 6.54 Å². The number of benzene rings is 3. The standard InChI is InChI=1S/C25H23N3O2/c29-25(22-15-8-12-18-9-4-5-14-21(18)22)28-16-7-6-13-20(28)17-23-26-27-24(30-23)19-10-2-1-3-11-19/h1-5,8-12,14-15,20H,6-7,13,16-17H2/t20-/m1/s1. The van der Waals surface area contributed by atoms with Crippen LogP contribution in [0.4, 0.5) is 0 Å². The van der Waals surface area contributed by atoms with Crippen molar-refractivity contribution in [2.24, 2.45) is 0 Å². The van der Waals surface area contributed by atoms with Gasteiger partial charge in [0.2, 0.25) is 11.8 Å². The summed E-state index contributed by atoms with van der Waals surface area (Å²) in [6.07, 6.45) is 3.64. The minimum atomic E-state index is 0.0642. The maximum Gasteiger partial charge on any atom is 0.254 e. The summed E-state index contributed by atoms with van der Waals surface area (Å²) in [6.45, 7) is 0.756. The molecule has 30 heavy (non-hydrogen) atoms. The fourth-order valence-electron chi connectivity index (χ4n) is 4.28. The number of rotatable bonds is 4. The topological polar surface area (TPSA) is 59.2 Å². The fraction of sp³-hybridized carbons (Fsp3) is 0.240. The van der Waals surface area contributed by atoms with Crippen molar-refractivity contribution in [3.8, 4) is 11.5 Å². The zero-order chi connectivity index (χ0) is 20.3. The van der Waals surface area contributed by atoms with Gasteiger partial charge in [-0.1, -0.05) is 54.6 Å². The van der Waals surface area contributed by atoms with E-state index in [1.54, 1.807) is 0 Å². The van der Waals surface area contributed by atoms with Crippen molar-refractivity contribution in [3.05, 3.63) is 84.3 Å². The molecule has 1 saturated heterocycles. The van der Waals surface area contributed by atoms with Crippen LogP contribution in [0.3, 0.4) is 0 Å². The van der Waals surface area contributed by atoms with Crippen molar-refractivity contribution < 1.29 is 9.21 Å². The Morgan fingerprint density at radius 2 is 1.73 bits per heavy atom. The van der Waals surface area contributed by atoms with Gasteiger partial charge in [0, 0.05) is 30.1 Å².